The first-order chi connectivity index (χ1) is 12.8. The van der Waals surface area contributed by atoms with Crippen molar-refractivity contribution in [2.75, 3.05) is 31.6 Å². The molecule has 0 aromatic heterocycles. The van der Waals surface area contributed by atoms with Gasteiger partial charge in [0.25, 0.3) is 0 Å². The molecule has 0 unspecified atom stereocenters. The zero-order valence-electron chi connectivity index (χ0n) is 15.3. The maximum Gasteiger partial charge on any atom is 0.238 e. The van der Waals surface area contributed by atoms with Gasteiger partial charge in [-0.05, 0) is 56.5 Å². The molecule has 0 atom stereocenters. The Balaban J connectivity index is 1.41. The predicted octanol–water partition coefficient (Wildman–Crippen LogP) is 4.12. The molecular formula is C22H28N2O2. The first-order valence-corrected chi connectivity index (χ1v) is 9.58. The van der Waals surface area contributed by atoms with E-state index in [1.807, 2.05) is 30.3 Å². The van der Waals surface area contributed by atoms with Gasteiger partial charge < -0.3 is 10.1 Å². The van der Waals surface area contributed by atoms with Crippen molar-refractivity contribution in [1.82, 2.24) is 4.90 Å². The molecule has 0 saturated carbocycles. The number of benzene rings is 2. The number of likely N-dealkylation sites (tertiary alicyclic amines) is 1. The average Bonchev–Trinajstić information content (AvgIpc) is 2.67. The van der Waals surface area contributed by atoms with Crippen LogP contribution in [0, 0.1) is 0 Å². The Morgan fingerprint density at radius 2 is 1.81 bits per heavy atom. The summed E-state index contributed by atoms with van der Waals surface area (Å²) in [6.07, 6.45) is 5.64. The van der Waals surface area contributed by atoms with Crippen LogP contribution in [0.3, 0.4) is 0 Å². The van der Waals surface area contributed by atoms with Gasteiger partial charge in [-0.1, -0.05) is 42.8 Å². The lowest BCUT2D eigenvalue weighted by atomic mass is 10.1. The summed E-state index contributed by atoms with van der Waals surface area (Å²) in [5.74, 6) is 0.849. The minimum Gasteiger partial charge on any atom is -0.494 e. The van der Waals surface area contributed by atoms with Crippen LogP contribution >= 0.6 is 0 Å². The Morgan fingerprint density at radius 1 is 1.00 bits per heavy atom. The zero-order chi connectivity index (χ0) is 18.0. The highest BCUT2D eigenvalue weighted by atomic mass is 16.5. The summed E-state index contributed by atoms with van der Waals surface area (Å²) in [5.41, 5.74) is 2.13. The summed E-state index contributed by atoms with van der Waals surface area (Å²) in [6, 6.07) is 18.1. The number of carbonyl (C=O) groups is 1. The highest BCUT2D eigenvalue weighted by molar-refractivity contribution is 5.92. The summed E-state index contributed by atoms with van der Waals surface area (Å²) in [7, 11) is 0. The van der Waals surface area contributed by atoms with Gasteiger partial charge in [-0.3, -0.25) is 9.69 Å². The van der Waals surface area contributed by atoms with Gasteiger partial charge in [-0.2, -0.15) is 0 Å². The van der Waals surface area contributed by atoms with E-state index in [1.165, 1.54) is 24.8 Å². The third-order valence-electron chi connectivity index (χ3n) is 4.66. The molecule has 0 bridgehead atoms. The zero-order valence-corrected chi connectivity index (χ0v) is 15.3. The molecule has 0 radical (unpaired) electrons. The average molecular weight is 352 g/mol. The summed E-state index contributed by atoms with van der Waals surface area (Å²) >= 11 is 0. The van der Waals surface area contributed by atoms with Gasteiger partial charge >= 0.3 is 0 Å². The Hall–Kier alpha value is -2.33. The molecule has 0 spiro atoms. The smallest absolute Gasteiger partial charge is 0.238 e. The Morgan fingerprint density at radius 3 is 2.62 bits per heavy atom. The quantitative estimate of drug-likeness (QED) is 0.727. The maximum atomic E-state index is 12.2. The second-order valence-corrected chi connectivity index (χ2v) is 6.85. The number of nitrogens with one attached hydrogen (secondary N) is 1. The lowest BCUT2D eigenvalue weighted by molar-refractivity contribution is -0.117. The topological polar surface area (TPSA) is 41.6 Å². The lowest BCUT2D eigenvalue weighted by Crippen LogP contribution is -2.36. The van der Waals surface area contributed by atoms with Crippen molar-refractivity contribution in [2.24, 2.45) is 0 Å². The van der Waals surface area contributed by atoms with Crippen LogP contribution in [-0.2, 0) is 11.2 Å². The summed E-state index contributed by atoms with van der Waals surface area (Å²) in [6.45, 7) is 3.19. The lowest BCUT2D eigenvalue weighted by Gasteiger charge is -2.25. The van der Waals surface area contributed by atoms with E-state index in [1.54, 1.807) is 0 Å². The summed E-state index contributed by atoms with van der Waals surface area (Å²) < 4.78 is 5.84. The molecule has 4 heteroatoms. The van der Waals surface area contributed by atoms with Gasteiger partial charge in [0, 0.05) is 11.8 Å². The fourth-order valence-corrected chi connectivity index (χ4v) is 3.30. The highest BCUT2D eigenvalue weighted by Gasteiger charge is 2.13. The standard InChI is InChI=1S/C22H28N2O2/c25-22(18-24-14-5-2-6-15-24)23-20-12-7-13-21(17-20)26-16-8-11-19-9-3-1-4-10-19/h1,3-4,7,9-10,12-13,17H,2,5-6,8,11,14-16,18H2,(H,23,25). The molecule has 1 N–H and O–H groups in total. The minimum absolute atomic E-state index is 0.0492. The van der Waals surface area contributed by atoms with E-state index in [2.05, 4.69) is 34.5 Å². The number of nitrogens with zero attached hydrogens (tertiary/aromatic N) is 1. The summed E-state index contributed by atoms with van der Waals surface area (Å²) in [4.78, 5) is 14.4. The van der Waals surface area contributed by atoms with Crippen LogP contribution in [-0.4, -0.2) is 37.0 Å². The predicted molar refractivity (Wildman–Crippen MR) is 106 cm³/mol. The fraction of sp³-hybridized carbons (Fsp3) is 0.409. The van der Waals surface area contributed by atoms with Crippen molar-refractivity contribution in [3.8, 4) is 5.75 Å². The first kappa shape index (κ1) is 18.5. The summed E-state index contributed by atoms with van der Waals surface area (Å²) in [5, 5.41) is 2.99. The van der Waals surface area contributed by atoms with E-state index >= 15 is 0 Å². The highest BCUT2D eigenvalue weighted by Crippen LogP contribution is 2.18. The first-order valence-electron chi connectivity index (χ1n) is 9.58. The van der Waals surface area contributed by atoms with Crippen molar-refractivity contribution in [1.29, 1.82) is 0 Å². The normalized spacial score (nSPS) is 14.8. The van der Waals surface area contributed by atoms with E-state index in [0.717, 1.165) is 37.4 Å². The third kappa shape index (κ3) is 6.19. The molecule has 1 saturated heterocycles. The molecule has 1 fully saturated rings. The number of amides is 1. The molecule has 3 rings (SSSR count). The van der Waals surface area contributed by atoms with Gasteiger partial charge in [0.1, 0.15) is 5.75 Å². The molecule has 2 aromatic rings. The monoisotopic (exact) mass is 352 g/mol. The molecule has 1 aliphatic heterocycles. The second-order valence-electron chi connectivity index (χ2n) is 6.85. The third-order valence-corrected chi connectivity index (χ3v) is 4.66. The maximum absolute atomic E-state index is 12.2. The van der Waals surface area contributed by atoms with Crippen LogP contribution in [0.25, 0.3) is 0 Å². The molecule has 26 heavy (non-hydrogen) atoms. The second kappa shape index (κ2) is 9.97. The number of hydrogen-bond donors (Lipinski definition) is 1. The van der Waals surface area contributed by atoms with Crippen molar-refractivity contribution in [2.45, 2.75) is 32.1 Å². The van der Waals surface area contributed by atoms with Crippen LogP contribution in [0.4, 0.5) is 5.69 Å². The van der Waals surface area contributed by atoms with Crippen LogP contribution in [0.15, 0.2) is 54.6 Å². The van der Waals surface area contributed by atoms with Gasteiger partial charge in [0.2, 0.25) is 5.91 Å². The number of ether oxygens (including phenoxy) is 1. The Bertz CT molecular complexity index is 682. The van der Waals surface area contributed by atoms with Crippen molar-refractivity contribution >= 4 is 11.6 Å². The van der Waals surface area contributed by atoms with Crippen LogP contribution in [0.1, 0.15) is 31.2 Å². The molecule has 1 heterocycles. The van der Waals surface area contributed by atoms with E-state index in [9.17, 15) is 4.79 Å². The Kier molecular flexibility index (Phi) is 7.08. The van der Waals surface area contributed by atoms with E-state index in [-0.39, 0.29) is 5.91 Å². The number of hydrogen-bond acceptors (Lipinski definition) is 3. The van der Waals surface area contributed by atoms with Gasteiger partial charge in [0.15, 0.2) is 0 Å². The Labute approximate surface area is 156 Å². The van der Waals surface area contributed by atoms with Crippen molar-refractivity contribution in [3.63, 3.8) is 0 Å². The van der Waals surface area contributed by atoms with E-state index in [0.29, 0.717) is 13.2 Å². The van der Waals surface area contributed by atoms with Gasteiger partial charge in [0.05, 0.1) is 13.2 Å². The van der Waals surface area contributed by atoms with Crippen LogP contribution < -0.4 is 10.1 Å². The molecule has 138 valence electrons. The van der Waals surface area contributed by atoms with E-state index < -0.39 is 0 Å². The molecule has 1 amide bonds. The van der Waals surface area contributed by atoms with Gasteiger partial charge in [-0.25, -0.2) is 0 Å². The molecule has 1 aliphatic rings. The largest absolute Gasteiger partial charge is 0.494 e. The molecular weight excluding hydrogens is 324 g/mol. The van der Waals surface area contributed by atoms with Crippen LogP contribution in [0.5, 0.6) is 5.75 Å². The molecule has 0 aliphatic carbocycles. The minimum atomic E-state index is 0.0492. The number of piperidine rings is 1. The number of rotatable bonds is 8. The van der Waals surface area contributed by atoms with Crippen LogP contribution in [0.2, 0.25) is 0 Å². The number of anilines is 1. The number of carbonyl (C=O) groups excluding carboxylic acids is 1. The van der Waals surface area contributed by atoms with E-state index in [4.69, 9.17) is 4.74 Å². The number of aryl methyl sites for hydroxylation is 1. The van der Waals surface area contributed by atoms with Crippen molar-refractivity contribution in [3.05, 3.63) is 60.2 Å². The molecule has 2 aromatic carbocycles. The SMILES string of the molecule is O=C(CN1CCCCC1)Nc1cccc(OCCCc2ccccc2)c1. The molecule has 4 nitrogen and oxygen atoms in total. The van der Waals surface area contributed by atoms with Crippen molar-refractivity contribution < 1.29 is 9.53 Å². The fourth-order valence-electron chi connectivity index (χ4n) is 3.30. The van der Waals surface area contributed by atoms with Gasteiger partial charge in [-0.15, -0.1) is 0 Å².